The predicted molar refractivity (Wildman–Crippen MR) is 72.9 cm³/mol. The van der Waals surface area contributed by atoms with Gasteiger partial charge in [-0.15, -0.1) is 0 Å². The maximum atomic E-state index is 12.5. The van der Waals surface area contributed by atoms with Crippen LogP contribution in [0.5, 0.6) is 0 Å². The first-order chi connectivity index (χ1) is 8.91. The van der Waals surface area contributed by atoms with Crippen molar-refractivity contribution in [2.24, 2.45) is 29.5 Å². The van der Waals surface area contributed by atoms with Gasteiger partial charge in [0, 0.05) is 19.0 Å². The number of hydrogen-bond donors (Lipinski definition) is 1. The van der Waals surface area contributed by atoms with E-state index in [1.807, 2.05) is 19.0 Å². The van der Waals surface area contributed by atoms with Gasteiger partial charge in [-0.25, -0.2) is 5.84 Å². The zero-order valence-electron chi connectivity index (χ0n) is 11.9. The van der Waals surface area contributed by atoms with Crippen molar-refractivity contribution in [3.63, 3.8) is 0 Å². The maximum Gasteiger partial charge on any atom is 0.240 e. The van der Waals surface area contributed by atoms with E-state index in [0.717, 1.165) is 13.0 Å². The Morgan fingerprint density at radius 3 is 2.26 bits per heavy atom. The molecule has 1 saturated carbocycles. The molecule has 106 valence electrons. The normalized spacial score (nSPS) is 32.1. The molecule has 0 saturated heterocycles. The Morgan fingerprint density at radius 1 is 1.16 bits per heavy atom. The van der Waals surface area contributed by atoms with Gasteiger partial charge in [0.2, 0.25) is 5.91 Å². The van der Waals surface area contributed by atoms with Crippen molar-refractivity contribution in [3.05, 3.63) is 12.2 Å². The van der Waals surface area contributed by atoms with Crippen LogP contribution in [0.4, 0.5) is 0 Å². The van der Waals surface area contributed by atoms with Gasteiger partial charge in [-0.3, -0.25) is 14.6 Å². The first-order valence-corrected chi connectivity index (χ1v) is 6.81. The molecule has 5 nitrogen and oxygen atoms in total. The fourth-order valence-electron chi connectivity index (χ4n) is 3.32. The van der Waals surface area contributed by atoms with Crippen LogP contribution in [0.1, 0.15) is 13.3 Å². The fraction of sp³-hybridized carbons (Fsp3) is 0.714. The van der Waals surface area contributed by atoms with Crippen molar-refractivity contribution in [1.29, 1.82) is 0 Å². The van der Waals surface area contributed by atoms with Crippen LogP contribution in [-0.4, -0.2) is 48.8 Å². The highest BCUT2D eigenvalue weighted by atomic mass is 16.2. The average molecular weight is 265 g/mol. The number of rotatable bonds is 5. The van der Waals surface area contributed by atoms with Crippen LogP contribution in [0.2, 0.25) is 0 Å². The summed E-state index contributed by atoms with van der Waals surface area (Å²) < 4.78 is 0. The lowest BCUT2D eigenvalue weighted by molar-refractivity contribution is -0.141. The summed E-state index contributed by atoms with van der Waals surface area (Å²) in [7, 11) is 3.88. The third kappa shape index (κ3) is 2.72. The highest BCUT2D eigenvalue weighted by Crippen LogP contribution is 2.48. The summed E-state index contributed by atoms with van der Waals surface area (Å²) in [4.78, 5) is 26.2. The first kappa shape index (κ1) is 14.2. The van der Waals surface area contributed by atoms with Crippen molar-refractivity contribution >= 4 is 11.7 Å². The molecule has 0 heterocycles. The van der Waals surface area contributed by atoms with E-state index in [9.17, 15) is 9.59 Å². The maximum absolute atomic E-state index is 12.5. The molecule has 0 aromatic carbocycles. The van der Waals surface area contributed by atoms with Crippen molar-refractivity contribution in [1.82, 2.24) is 9.91 Å². The van der Waals surface area contributed by atoms with Crippen LogP contribution in [0.25, 0.3) is 0 Å². The third-order valence-electron chi connectivity index (χ3n) is 4.29. The number of carbonyl (C=O) groups excluding carboxylic acids is 2. The van der Waals surface area contributed by atoms with Crippen molar-refractivity contribution < 1.29 is 9.59 Å². The molecule has 5 heteroatoms. The van der Waals surface area contributed by atoms with Crippen LogP contribution in [-0.2, 0) is 9.59 Å². The SMILES string of the molecule is CC(=O)[C@@H]1C2C=CC(C2)[C@@H]1C(=O)N(N)CCN(C)C. The highest BCUT2D eigenvalue weighted by Gasteiger charge is 2.50. The van der Waals surface area contributed by atoms with Crippen LogP contribution >= 0.6 is 0 Å². The zero-order chi connectivity index (χ0) is 14.2. The summed E-state index contributed by atoms with van der Waals surface area (Å²) in [6.07, 6.45) is 5.08. The van der Waals surface area contributed by atoms with Crippen LogP contribution < -0.4 is 5.84 Å². The summed E-state index contributed by atoms with van der Waals surface area (Å²) in [5.74, 6) is 5.89. The van der Waals surface area contributed by atoms with E-state index in [0.29, 0.717) is 6.54 Å². The standard InChI is InChI=1S/C14H23N3O2/c1-9(18)12-10-4-5-11(8-10)13(12)14(19)17(15)7-6-16(2)3/h4-5,10-13H,6-8,15H2,1-3H3/t10?,11?,12-,13+/m1/s1. The lowest BCUT2D eigenvalue weighted by atomic mass is 9.80. The van der Waals surface area contributed by atoms with Gasteiger partial charge in [0.1, 0.15) is 5.78 Å². The second kappa shape index (κ2) is 5.43. The van der Waals surface area contributed by atoms with E-state index < -0.39 is 0 Å². The van der Waals surface area contributed by atoms with E-state index in [1.54, 1.807) is 6.92 Å². The van der Waals surface area contributed by atoms with E-state index >= 15 is 0 Å². The number of Topliss-reactive ketones (excluding diaryl/α,β-unsaturated/α-hetero) is 1. The van der Waals surface area contributed by atoms with Gasteiger partial charge >= 0.3 is 0 Å². The van der Waals surface area contributed by atoms with Gasteiger partial charge < -0.3 is 4.90 Å². The van der Waals surface area contributed by atoms with E-state index in [-0.39, 0.29) is 35.4 Å². The second-order valence-corrected chi connectivity index (χ2v) is 5.95. The Kier molecular flexibility index (Phi) is 4.06. The summed E-state index contributed by atoms with van der Waals surface area (Å²) >= 11 is 0. The molecular weight excluding hydrogens is 242 g/mol. The molecule has 2 unspecified atom stereocenters. The largest absolute Gasteiger partial charge is 0.308 e. The molecule has 4 atom stereocenters. The summed E-state index contributed by atoms with van der Waals surface area (Å²) in [6.45, 7) is 2.80. The molecular formula is C14H23N3O2. The molecule has 0 aromatic rings. The summed E-state index contributed by atoms with van der Waals surface area (Å²) in [6, 6.07) is 0. The van der Waals surface area contributed by atoms with Gasteiger partial charge in [0.15, 0.2) is 0 Å². The van der Waals surface area contributed by atoms with Crippen LogP contribution in [0, 0.1) is 23.7 Å². The molecule has 2 rings (SSSR count). The van der Waals surface area contributed by atoms with Crippen molar-refractivity contribution in [2.75, 3.05) is 27.2 Å². The van der Waals surface area contributed by atoms with Gasteiger partial charge in [-0.2, -0.15) is 0 Å². The van der Waals surface area contributed by atoms with Gasteiger partial charge in [0.05, 0.1) is 5.92 Å². The lowest BCUT2D eigenvalue weighted by Gasteiger charge is -2.29. The molecule has 0 spiro atoms. The molecule has 2 aliphatic carbocycles. The van der Waals surface area contributed by atoms with Crippen molar-refractivity contribution in [2.45, 2.75) is 13.3 Å². The molecule has 2 bridgehead atoms. The smallest absolute Gasteiger partial charge is 0.240 e. The number of amides is 1. The number of likely N-dealkylation sites (N-methyl/N-ethyl adjacent to an activating group) is 1. The minimum atomic E-state index is -0.250. The topological polar surface area (TPSA) is 66.6 Å². The van der Waals surface area contributed by atoms with Crippen molar-refractivity contribution in [3.8, 4) is 0 Å². The minimum Gasteiger partial charge on any atom is -0.308 e. The average Bonchev–Trinajstić information content (AvgIpc) is 2.94. The highest BCUT2D eigenvalue weighted by molar-refractivity contribution is 5.89. The Labute approximate surface area is 114 Å². The quantitative estimate of drug-likeness (QED) is 0.335. The lowest BCUT2D eigenvalue weighted by Crippen LogP contribution is -2.48. The number of carbonyl (C=O) groups is 2. The number of nitrogens with two attached hydrogens (primary N) is 1. The number of ketones is 1. The minimum absolute atomic E-state index is 0.0844. The van der Waals surface area contributed by atoms with E-state index in [1.165, 1.54) is 5.01 Å². The number of nitrogens with zero attached hydrogens (tertiary/aromatic N) is 2. The first-order valence-electron chi connectivity index (χ1n) is 6.81. The Bertz CT molecular complexity index is 405. The molecule has 0 radical (unpaired) electrons. The molecule has 2 N–H and O–H groups in total. The number of fused-ring (bicyclic) bond motifs is 2. The molecule has 19 heavy (non-hydrogen) atoms. The van der Waals surface area contributed by atoms with Gasteiger partial charge in [0.25, 0.3) is 0 Å². The van der Waals surface area contributed by atoms with Gasteiger partial charge in [-0.05, 0) is 39.3 Å². The monoisotopic (exact) mass is 265 g/mol. The molecule has 2 aliphatic rings. The van der Waals surface area contributed by atoms with Gasteiger partial charge in [-0.1, -0.05) is 12.2 Å². The fourth-order valence-corrected chi connectivity index (χ4v) is 3.32. The third-order valence-corrected chi connectivity index (χ3v) is 4.29. The molecule has 1 fully saturated rings. The summed E-state index contributed by atoms with van der Waals surface area (Å²) in [5.41, 5.74) is 0. The Balaban J connectivity index is 2.05. The predicted octanol–water partition coefficient (Wildman–Crippen LogP) is 0.278. The number of hydrazine groups is 1. The van der Waals surface area contributed by atoms with Crippen LogP contribution in [0.15, 0.2) is 12.2 Å². The van der Waals surface area contributed by atoms with E-state index in [2.05, 4.69) is 12.2 Å². The molecule has 0 aromatic heterocycles. The molecule has 0 aliphatic heterocycles. The second-order valence-electron chi connectivity index (χ2n) is 5.95. The van der Waals surface area contributed by atoms with E-state index in [4.69, 9.17) is 5.84 Å². The summed E-state index contributed by atoms with van der Waals surface area (Å²) in [5, 5.41) is 1.29. The Morgan fingerprint density at radius 2 is 1.74 bits per heavy atom. The molecule has 1 amide bonds. The van der Waals surface area contributed by atoms with Crippen LogP contribution in [0.3, 0.4) is 0 Å². The number of hydrogen-bond acceptors (Lipinski definition) is 4. The Hall–Kier alpha value is -1.20. The number of allylic oxidation sites excluding steroid dienone is 2. The zero-order valence-corrected chi connectivity index (χ0v) is 11.9.